The van der Waals surface area contributed by atoms with Crippen molar-refractivity contribution >= 4 is 11.9 Å². The van der Waals surface area contributed by atoms with Gasteiger partial charge in [-0.1, -0.05) is 54.9 Å². The Morgan fingerprint density at radius 1 is 0.750 bits per heavy atom. The number of rotatable bonds is 7. The minimum Gasteiger partial charge on any atom is -0.465 e. The Kier molecular flexibility index (Phi) is 13.8. The molecule has 20 heavy (non-hydrogen) atoms. The first kappa shape index (κ1) is 21.2. The number of carbonyl (C=O) groups is 2. The van der Waals surface area contributed by atoms with Crippen molar-refractivity contribution in [1.29, 1.82) is 0 Å². The van der Waals surface area contributed by atoms with Gasteiger partial charge in [0.2, 0.25) is 0 Å². The lowest BCUT2D eigenvalue weighted by Crippen LogP contribution is -2.17. The molecule has 0 fully saturated rings. The molecule has 0 amide bonds. The van der Waals surface area contributed by atoms with Gasteiger partial charge in [-0.15, -0.1) is 0 Å². The summed E-state index contributed by atoms with van der Waals surface area (Å²) in [6.45, 7) is 15.1. The van der Waals surface area contributed by atoms with E-state index in [0.717, 1.165) is 5.92 Å². The molecule has 0 N–H and O–H groups in total. The monoisotopic (exact) mass is 288 g/mol. The fraction of sp³-hybridized carbons (Fsp3) is 0.875. The van der Waals surface area contributed by atoms with Crippen LogP contribution in [0.4, 0.5) is 0 Å². The molecule has 0 aliphatic carbocycles. The van der Waals surface area contributed by atoms with Crippen LogP contribution in [-0.2, 0) is 19.1 Å². The maximum atomic E-state index is 11.1. The summed E-state index contributed by atoms with van der Waals surface area (Å²) in [7, 11) is 0. The van der Waals surface area contributed by atoms with Gasteiger partial charge in [0.05, 0.1) is 13.2 Å². The summed E-state index contributed by atoms with van der Waals surface area (Å²) in [5.74, 6) is 0.409. The highest BCUT2D eigenvalue weighted by molar-refractivity contribution is 5.91. The number of ether oxygens (including phenoxy) is 2. The highest BCUT2D eigenvalue weighted by atomic mass is 16.6. The normalized spacial score (nSPS) is 10.3. The summed E-state index contributed by atoms with van der Waals surface area (Å²) in [5, 5.41) is 0. The predicted octanol–water partition coefficient (Wildman–Crippen LogP) is 3.83. The SMILES string of the molecule is CC(C)COC(=O)CC(=O)OCC(C)C.CCC(C)C. The van der Waals surface area contributed by atoms with Crippen molar-refractivity contribution in [3.05, 3.63) is 0 Å². The smallest absolute Gasteiger partial charge is 0.317 e. The van der Waals surface area contributed by atoms with Gasteiger partial charge in [-0.3, -0.25) is 9.59 Å². The molecule has 0 radical (unpaired) electrons. The van der Waals surface area contributed by atoms with Gasteiger partial charge in [0, 0.05) is 0 Å². The Hall–Kier alpha value is -1.06. The number of carbonyl (C=O) groups excluding carboxylic acids is 2. The minimum atomic E-state index is -0.516. The van der Waals surface area contributed by atoms with Crippen molar-refractivity contribution in [3.63, 3.8) is 0 Å². The first-order chi connectivity index (χ1) is 9.18. The molecule has 0 aliphatic rings. The van der Waals surface area contributed by atoms with E-state index >= 15 is 0 Å². The number of esters is 2. The largest absolute Gasteiger partial charge is 0.465 e. The van der Waals surface area contributed by atoms with Crippen molar-refractivity contribution in [2.24, 2.45) is 17.8 Å². The summed E-state index contributed by atoms with van der Waals surface area (Å²) in [6, 6.07) is 0. The Labute approximate surface area is 124 Å². The van der Waals surface area contributed by atoms with E-state index in [-0.39, 0.29) is 18.3 Å². The molecule has 0 spiro atoms. The molecule has 0 heterocycles. The van der Waals surface area contributed by atoms with Gasteiger partial charge in [0.15, 0.2) is 0 Å². The fourth-order valence-electron chi connectivity index (χ4n) is 0.739. The number of hydrogen-bond acceptors (Lipinski definition) is 4. The molecule has 0 aromatic carbocycles. The van der Waals surface area contributed by atoms with Gasteiger partial charge in [-0.05, 0) is 17.8 Å². The Morgan fingerprint density at radius 3 is 1.25 bits per heavy atom. The third-order valence-electron chi connectivity index (χ3n) is 2.26. The van der Waals surface area contributed by atoms with E-state index in [4.69, 9.17) is 9.47 Å². The van der Waals surface area contributed by atoms with Crippen LogP contribution in [0.2, 0.25) is 0 Å². The van der Waals surface area contributed by atoms with Crippen molar-refractivity contribution in [1.82, 2.24) is 0 Å². The zero-order valence-corrected chi connectivity index (χ0v) is 14.2. The summed E-state index contributed by atoms with van der Waals surface area (Å²) in [4.78, 5) is 22.2. The average molecular weight is 288 g/mol. The molecule has 0 rings (SSSR count). The first-order valence-corrected chi connectivity index (χ1v) is 7.50. The molecule has 4 nitrogen and oxygen atoms in total. The maximum absolute atomic E-state index is 11.1. The minimum absolute atomic E-state index is 0.278. The zero-order chi connectivity index (χ0) is 16.1. The van der Waals surface area contributed by atoms with Crippen LogP contribution >= 0.6 is 0 Å². The second kappa shape index (κ2) is 12.9. The van der Waals surface area contributed by atoms with Crippen molar-refractivity contribution < 1.29 is 19.1 Å². The van der Waals surface area contributed by atoms with Crippen LogP contribution in [0, 0.1) is 17.8 Å². The third-order valence-corrected chi connectivity index (χ3v) is 2.26. The molecule has 0 aromatic rings. The second-order valence-electron chi connectivity index (χ2n) is 6.13. The highest BCUT2D eigenvalue weighted by Crippen LogP contribution is 1.99. The van der Waals surface area contributed by atoms with Gasteiger partial charge in [0.1, 0.15) is 6.42 Å². The standard InChI is InChI=1S/C11H20O4.C5H12/c1-8(2)6-14-10(12)5-11(13)15-7-9(3)4;1-4-5(2)3/h8-9H,5-7H2,1-4H3;5H,4H2,1-3H3. The lowest BCUT2D eigenvalue weighted by atomic mass is 10.2. The quantitative estimate of drug-likeness (QED) is 0.528. The molecular weight excluding hydrogens is 256 g/mol. The molecule has 0 saturated heterocycles. The van der Waals surface area contributed by atoms with E-state index in [1.807, 2.05) is 27.7 Å². The zero-order valence-electron chi connectivity index (χ0n) is 14.2. The topological polar surface area (TPSA) is 52.6 Å². The van der Waals surface area contributed by atoms with Crippen LogP contribution < -0.4 is 0 Å². The first-order valence-electron chi connectivity index (χ1n) is 7.50. The predicted molar refractivity (Wildman–Crippen MR) is 81.3 cm³/mol. The van der Waals surface area contributed by atoms with Gasteiger partial charge in [-0.25, -0.2) is 0 Å². The molecule has 0 aliphatic heterocycles. The van der Waals surface area contributed by atoms with Crippen molar-refractivity contribution in [2.75, 3.05) is 13.2 Å². The maximum Gasteiger partial charge on any atom is 0.317 e. The molecular formula is C16H32O4. The number of hydrogen-bond donors (Lipinski definition) is 0. The van der Waals surface area contributed by atoms with E-state index < -0.39 is 11.9 Å². The molecule has 0 unspecified atom stereocenters. The van der Waals surface area contributed by atoms with E-state index in [1.165, 1.54) is 6.42 Å². The van der Waals surface area contributed by atoms with Crippen molar-refractivity contribution in [3.8, 4) is 0 Å². The average Bonchev–Trinajstić information content (AvgIpc) is 2.34. The molecule has 4 heteroatoms. The van der Waals surface area contributed by atoms with Crippen LogP contribution in [0.25, 0.3) is 0 Å². The van der Waals surface area contributed by atoms with Gasteiger partial charge in [-0.2, -0.15) is 0 Å². The lowest BCUT2D eigenvalue weighted by Gasteiger charge is -2.08. The van der Waals surface area contributed by atoms with Gasteiger partial charge in [0.25, 0.3) is 0 Å². The van der Waals surface area contributed by atoms with E-state index in [0.29, 0.717) is 13.2 Å². The molecule has 0 saturated carbocycles. The van der Waals surface area contributed by atoms with Gasteiger partial charge < -0.3 is 9.47 Å². The van der Waals surface area contributed by atoms with Crippen LogP contribution in [0.15, 0.2) is 0 Å². The lowest BCUT2D eigenvalue weighted by molar-refractivity contribution is -0.155. The fourth-order valence-corrected chi connectivity index (χ4v) is 0.739. The van der Waals surface area contributed by atoms with Crippen LogP contribution in [0.1, 0.15) is 61.3 Å². The summed E-state index contributed by atoms with van der Waals surface area (Å²) < 4.78 is 9.68. The third kappa shape index (κ3) is 19.3. The summed E-state index contributed by atoms with van der Waals surface area (Å²) in [6.07, 6.45) is 1.01. The summed E-state index contributed by atoms with van der Waals surface area (Å²) >= 11 is 0. The van der Waals surface area contributed by atoms with Crippen molar-refractivity contribution in [2.45, 2.75) is 61.3 Å². The van der Waals surface area contributed by atoms with E-state index in [9.17, 15) is 9.59 Å². The Balaban J connectivity index is 0. The van der Waals surface area contributed by atoms with Crippen LogP contribution in [-0.4, -0.2) is 25.2 Å². The van der Waals surface area contributed by atoms with E-state index in [1.54, 1.807) is 0 Å². The highest BCUT2D eigenvalue weighted by Gasteiger charge is 2.12. The second-order valence-corrected chi connectivity index (χ2v) is 6.13. The Morgan fingerprint density at radius 2 is 1.05 bits per heavy atom. The molecule has 0 bridgehead atoms. The summed E-state index contributed by atoms with van der Waals surface area (Å²) in [5.41, 5.74) is 0. The molecule has 120 valence electrons. The molecule has 0 atom stereocenters. The van der Waals surface area contributed by atoms with Gasteiger partial charge >= 0.3 is 11.9 Å². The van der Waals surface area contributed by atoms with Crippen LogP contribution in [0.5, 0.6) is 0 Å². The van der Waals surface area contributed by atoms with E-state index in [2.05, 4.69) is 20.8 Å². The molecule has 0 aromatic heterocycles. The van der Waals surface area contributed by atoms with Crippen LogP contribution in [0.3, 0.4) is 0 Å². The Bertz CT molecular complexity index is 235.